The molecule has 0 aromatic heterocycles. The summed E-state index contributed by atoms with van der Waals surface area (Å²) in [5.74, 6) is -0.561. The highest BCUT2D eigenvalue weighted by molar-refractivity contribution is 7.99. The first kappa shape index (κ1) is 20.9. The highest BCUT2D eigenvalue weighted by Gasteiger charge is 2.29. The molecule has 6 heteroatoms. The standard InChI is InChI=1S/C18H26O4S2/c1-5-13(23-7-3)11-9-10-12(17(19)20)16(18(21)22)15(11)14(6-2)24-8-4/h9-10,13-14H,5-8H2,1-4H3,(H,19,20)(H,21,22). The number of benzene rings is 1. The van der Waals surface area contributed by atoms with Crippen LogP contribution in [0.25, 0.3) is 0 Å². The van der Waals surface area contributed by atoms with Crippen molar-refractivity contribution in [2.45, 2.75) is 51.0 Å². The maximum atomic E-state index is 11.9. The molecule has 2 N–H and O–H groups in total. The Bertz CT molecular complexity index is 587. The van der Waals surface area contributed by atoms with Crippen molar-refractivity contribution >= 4 is 35.5 Å². The number of thioether (sulfide) groups is 2. The molecule has 0 saturated heterocycles. The molecule has 0 heterocycles. The minimum atomic E-state index is -1.19. The quantitative estimate of drug-likeness (QED) is 0.567. The molecular weight excluding hydrogens is 344 g/mol. The molecule has 0 amide bonds. The van der Waals surface area contributed by atoms with E-state index in [1.807, 2.05) is 19.9 Å². The van der Waals surface area contributed by atoms with Crippen LogP contribution in [-0.2, 0) is 0 Å². The molecule has 0 aliphatic heterocycles. The Balaban J connectivity index is 3.72. The Morgan fingerprint density at radius 1 is 0.917 bits per heavy atom. The summed E-state index contributed by atoms with van der Waals surface area (Å²) in [6.45, 7) is 8.21. The maximum Gasteiger partial charge on any atom is 0.336 e. The number of aromatic carboxylic acids is 2. The van der Waals surface area contributed by atoms with Gasteiger partial charge < -0.3 is 10.2 Å². The third-order valence-corrected chi connectivity index (χ3v) is 6.50. The minimum absolute atomic E-state index is 0.0121. The Morgan fingerprint density at radius 3 is 1.88 bits per heavy atom. The van der Waals surface area contributed by atoms with Crippen molar-refractivity contribution in [2.75, 3.05) is 11.5 Å². The van der Waals surface area contributed by atoms with Crippen molar-refractivity contribution in [3.05, 3.63) is 34.4 Å². The SMILES string of the molecule is CCSC(CC)c1ccc(C(=O)O)c(C(=O)O)c1C(CC)SCC. The predicted octanol–water partition coefficient (Wildman–Crippen LogP) is 5.49. The second kappa shape index (κ2) is 9.99. The van der Waals surface area contributed by atoms with Crippen LogP contribution >= 0.6 is 23.5 Å². The second-order valence-electron chi connectivity index (χ2n) is 5.31. The summed E-state index contributed by atoms with van der Waals surface area (Å²) in [7, 11) is 0. The van der Waals surface area contributed by atoms with Crippen molar-refractivity contribution in [2.24, 2.45) is 0 Å². The molecule has 0 bridgehead atoms. The molecule has 2 atom stereocenters. The fourth-order valence-corrected chi connectivity index (χ4v) is 4.99. The minimum Gasteiger partial charge on any atom is -0.478 e. The number of carboxylic acids is 2. The maximum absolute atomic E-state index is 11.9. The molecule has 1 aromatic carbocycles. The van der Waals surface area contributed by atoms with Gasteiger partial charge in [-0.25, -0.2) is 9.59 Å². The van der Waals surface area contributed by atoms with Gasteiger partial charge in [0.05, 0.1) is 11.1 Å². The number of carboxylic acid groups (broad SMARTS) is 2. The first-order valence-corrected chi connectivity index (χ1v) is 10.4. The Hall–Kier alpha value is -1.14. The van der Waals surface area contributed by atoms with Crippen LogP contribution in [0.15, 0.2) is 12.1 Å². The summed E-state index contributed by atoms with van der Waals surface area (Å²) >= 11 is 3.45. The largest absolute Gasteiger partial charge is 0.478 e. The van der Waals surface area contributed by atoms with Crippen LogP contribution in [0.4, 0.5) is 0 Å². The number of hydrogen-bond donors (Lipinski definition) is 2. The lowest BCUT2D eigenvalue weighted by Crippen LogP contribution is -2.16. The molecule has 0 saturated carbocycles. The molecule has 0 aliphatic rings. The normalized spacial score (nSPS) is 13.5. The van der Waals surface area contributed by atoms with Crippen LogP contribution in [0.1, 0.15) is 82.9 Å². The van der Waals surface area contributed by atoms with Gasteiger partial charge in [0.25, 0.3) is 0 Å². The van der Waals surface area contributed by atoms with Gasteiger partial charge in [0.15, 0.2) is 0 Å². The average Bonchev–Trinajstić information content (AvgIpc) is 2.56. The van der Waals surface area contributed by atoms with Crippen molar-refractivity contribution in [3.8, 4) is 0 Å². The Morgan fingerprint density at radius 2 is 1.46 bits per heavy atom. The summed E-state index contributed by atoms with van der Waals surface area (Å²) in [5.41, 5.74) is 1.51. The summed E-state index contributed by atoms with van der Waals surface area (Å²) in [6, 6.07) is 3.27. The average molecular weight is 371 g/mol. The van der Waals surface area contributed by atoms with E-state index in [2.05, 4.69) is 13.8 Å². The van der Waals surface area contributed by atoms with E-state index >= 15 is 0 Å². The molecule has 1 rings (SSSR count). The van der Waals surface area contributed by atoms with Gasteiger partial charge in [-0.15, -0.1) is 0 Å². The topological polar surface area (TPSA) is 74.6 Å². The van der Waals surface area contributed by atoms with Crippen LogP contribution < -0.4 is 0 Å². The van der Waals surface area contributed by atoms with E-state index in [1.54, 1.807) is 23.5 Å². The zero-order valence-corrected chi connectivity index (χ0v) is 16.3. The molecule has 2 unspecified atom stereocenters. The van der Waals surface area contributed by atoms with Gasteiger partial charge in [0.1, 0.15) is 0 Å². The molecule has 1 aromatic rings. The fraction of sp³-hybridized carbons (Fsp3) is 0.556. The van der Waals surface area contributed by atoms with E-state index < -0.39 is 11.9 Å². The van der Waals surface area contributed by atoms with Gasteiger partial charge in [0.2, 0.25) is 0 Å². The molecule has 0 aliphatic carbocycles. The smallest absolute Gasteiger partial charge is 0.336 e. The molecule has 0 spiro atoms. The molecule has 24 heavy (non-hydrogen) atoms. The van der Waals surface area contributed by atoms with E-state index in [0.29, 0.717) is 5.56 Å². The monoisotopic (exact) mass is 370 g/mol. The Kier molecular flexibility index (Phi) is 8.70. The number of hydrogen-bond acceptors (Lipinski definition) is 4. The van der Waals surface area contributed by atoms with E-state index in [1.165, 1.54) is 6.07 Å². The lowest BCUT2D eigenvalue weighted by molar-refractivity contribution is 0.0650. The number of rotatable bonds is 10. The van der Waals surface area contributed by atoms with E-state index in [9.17, 15) is 19.8 Å². The Labute approximate surface area is 152 Å². The summed E-state index contributed by atoms with van der Waals surface area (Å²) < 4.78 is 0. The predicted molar refractivity (Wildman–Crippen MR) is 103 cm³/mol. The van der Waals surface area contributed by atoms with E-state index in [4.69, 9.17) is 0 Å². The summed E-state index contributed by atoms with van der Waals surface area (Å²) in [6.07, 6.45) is 1.65. The third-order valence-electron chi connectivity index (χ3n) is 3.87. The third kappa shape index (κ3) is 4.70. The fourth-order valence-electron chi connectivity index (χ4n) is 2.91. The van der Waals surface area contributed by atoms with Gasteiger partial charge in [-0.1, -0.05) is 33.8 Å². The molecule has 0 radical (unpaired) electrons. The summed E-state index contributed by atoms with van der Waals surface area (Å²) in [5, 5.41) is 19.3. The van der Waals surface area contributed by atoms with Crippen molar-refractivity contribution in [1.29, 1.82) is 0 Å². The lowest BCUT2D eigenvalue weighted by atomic mass is 9.90. The molecule has 4 nitrogen and oxygen atoms in total. The van der Waals surface area contributed by atoms with E-state index in [-0.39, 0.29) is 21.6 Å². The van der Waals surface area contributed by atoms with Crippen molar-refractivity contribution in [3.63, 3.8) is 0 Å². The zero-order chi connectivity index (χ0) is 18.3. The van der Waals surface area contributed by atoms with Gasteiger partial charge in [-0.2, -0.15) is 23.5 Å². The van der Waals surface area contributed by atoms with Gasteiger partial charge >= 0.3 is 11.9 Å². The molecule has 0 fully saturated rings. The van der Waals surface area contributed by atoms with Crippen molar-refractivity contribution in [1.82, 2.24) is 0 Å². The van der Waals surface area contributed by atoms with E-state index in [0.717, 1.165) is 29.9 Å². The van der Waals surface area contributed by atoms with Gasteiger partial charge in [0, 0.05) is 10.5 Å². The highest BCUT2D eigenvalue weighted by atomic mass is 32.2. The van der Waals surface area contributed by atoms with Gasteiger partial charge in [-0.05, 0) is 41.5 Å². The van der Waals surface area contributed by atoms with Crippen LogP contribution in [0, 0.1) is 0 Å². The van der Waals surface area contributed by atoms with Crippen LogP contribution in [0.5, 0.6) is 0 Å². The lowest BCUT2D eigenvalue weighted by Gasteiger charge is -2.26. The first-order chi connectivity index (χ1) is 11.4. The van der Waals surface area contributed by atoms with Crippen LogP contribution in [0.3, 0.4) is 0 Å². The van der Waals surface area contributed by atoms with Crippen LogP contribution in [0.2, 0.25) is 0 Å². The first-order valence-electron chi connectivity index (χ1n) is 8.29. The van der Waals surface area contributed by atoms with Crippen molar-refractivity contribution < 1.29 is 19.8 Å². The van der Waals surface area contributed by atoms with Crippen LogP contribution in [-0.4, -0.2) is 33.7 Å². The molecular formula is C18H26O4S2. The second-order valence-corrected chi connectivity index (χ2v) is 8.27. The highest BCUT2D eigenvalue weighted by Crippen LogP contribution is 2.43. The molecule has 134 valence electrons. The van der Waals surface area contributed by atoms with Gasteiger partial charge in [-0.3, -0.25) is 0 Å². The number of carbonyl (C=O) groups is 2. The zero-order valence-electron chi connectivity index (χ0n) is 14.7. The summed E-state index contributed by atoms with van der Waals surface area (Å²) in [4.78, 5) is 23.5.